The molecule has 0 bridgehead atoms. The van der Waals surface area contributed by atoms with Crippen LogP contribution < -0.4 is 0 Å². The third kappa shape index (κ3) is 9.38. The maximum atomic E-state index is 2.19. The topological polar surface area (TPSA) is 0 Å². The Kier molecular flexibility index (Phi) is 29.3. The second-order valence-corrected chi connectivity index (χ2v) is 3.35. The van der Waals surface area contributed by atoms with Gasteiger partial charge in [0.15, 0.2) is 0 Å². The summed E-state index contributed by atoms with van der Waals surface area (Å²) in [7, 11) is 0. The van der Waals surface area contributed by atoms with Crippen LogP contribution in [-0.2, 0) is 21.1 Å². The number of allylic oxidation sites excluding steroid dienone is 4. The Morgan fingerprint density at radius 3 is 1.70 bits per heavy atom. The van der Waals surface area contributed by atoms with Crippen molar-refractivity contribution in [2.24, 2.45) is 0 Å². The number of hydrogen-bond donors (Lipinski definition) is 0. The van der Waals surface area contributed by atoms with E-state index in [1.54, 1.807) is 3.79 Å². The average Bonchev–Trinajstić information content (AvgIpc) is 1.86. The van der Waals surface area contributed by atoms with Gasteiger partial charge in [-0.2, -0.15) is 0 Å². The molecule has 1 aliphatic rings. The number of rotatable bonds is 0. The Morgan fingerprint density at radius 2 is 1.60 bits per heavy atom. The molecular weight excluding hydrogens is 383 g/mol. The van der Waals surface area contributed by atoms with Crippen molar-refractivity contribution in [3.05, 3.63) is 22.0 Å². The van der Waals surface area contributed by atoms with Crippen molar-refractivity contribution >= 4 is 49.6 Å². The van der Waals surface area contributed by atoms with Gasteiger partial charge in [0.2, 0.25) is 0 Å². The molecular formula is C5H9Cl4Ta. The Hall–Kier alpha value is 1.38. The third-order valence-corrected chi connectivity index (χ3v) is 1.94. The van der Waals surface area contributed by atoms with Gasteiger partial charge in [0.25, 0.3) is 0 Å². The fraction of sp³-hybridized carbons (Fsp3) is 0.200. The molecule has 0 nitrogen and oxygen atoms in total. The van der Waals surface area contributed by atoms with Gasteiger partial charge in [-0.05, 0) is 0 Å². The summed E-state index contributed by atoms with van der Waals surface area (Å²) in [5, 5.41) is 0. The first kappa shape index (κ1) is 22.5. The normalized spacial score (nSPS) is 11.0. The maximum absolute atomic E-state index is 2.19. The summed E-state index contributed by atoms with van der Waals surface area (Å²) >= 11 is 1.43. The molecule has 62 valence electrons. The van der Waals surface area contributed by atoms with Crippen LogP contribution in [0, 0.1) is 0 Å². The summed E-state index contributed by atoms with van der Waals surface area (Å²) in [5.74, 6) is 0. The van der Waals surface area contributed by atoms with Gasteiger partial charge in [-0.25, -0.2) is 0 Å². The summed E-state index contributed by atoms with van der Waals surface area (Å²) in [5.41, 5.74) is 0. The van der Waals surface area contributed by atoms with Crippen molar-refractivity contribution < 1.29 is 21.1 Å². The molecule has 0 saturated carbocycles. The van der Waals surface area contributed by atoms with E-state index in [1.807, 2.05) is 0 Å². The van der Waals surface area contributed by atoms with Gasteiger partial charge in [-0.3, -0.25) is 0 Å². The molecule has 0 aromatic carbocycles. The molecule has 0 aromatic rings. The van der Waals surface area contributed by atoms with E-state index in [4.69, 9.17) is 0 Å². The van der Waals surface area contributed by atoms with Gasteiger partial charge >= 0.3 is 49.5 Å². The first-order valence-electron chi connectivity index (χ1n) is 1.94. The molecule has 5 heteroatoms. The van der Waals surface area contributed by atoms with Gasteiger partial charge in [-0.1, -0.05) is 0 Å². The summed E-state index contributed by atoms with van der Waals surface area (Å²) in [6.45, 7) is 0. The van der Waals surface area contributed by atoms with Crippen molar-refractivity contribution in [2.75, 3.05) is 0 Å². The Morgan fingerprint density at radius 1 is 1.10 bits per heavy atom. The van der Waals surface area contributed by atoms with E-state index < -0.39 is 0 Å². The first-order valence-corrected chi connectivity index (χ1v) is 3.55. The number of hydrogen-bond acceptors (Lipinski definition) is 0. The second-order valence-electron chi connectivity index (χ2n) is 1.29. The van der Waals surface area contributed by atoms with Crippen LogP contribution in [0.25, 0.3) is 0 Å². The molecule has 0 saturated heterocycles. The van der Waals surface area contributed by atoms with Crippen LogP contribution >= 0.6 is 49.6 Å². The van der Waals surface area contributed by atoms with Crippen LogP contribution in [0.5, 0.6) is 0 Å². The molecule has 10 heavy (non-hydrogen) atoms. The van der Waals surface area contributed by atoms with Gasteiger partial charge in [0.1, 0.15) is 0 Å². The van der Waals surface area contributed by atoms with Crippen molar-refractivity contribution in [3.8, 4) is 0 Å². The zero-order chi connectivity index (χ0) is 4.41. The Balaban J connectivity index is -0.0000000450. The SMILES string of the molecule is Cl.Cl.Cl.Cl.[Ta][C]1=CC=CC1. The third-order valence-electron chi connectivity index (χ3n) is 0.752. The standard InChI is InChI=1S/C5H5.4ClH.Ta/c1-2-4-5-3-1;;;;;/h1-3H,4H2;4*1H;. The number of halogens is 4. The van der Waals surface area contributed by atoms with Gasteiger partial charge in [0.05, 0.1) is 0 Å². The molecule has 0 spiro atoms. The predicted molar refractivity (Wildman–Crippen MR) is 50.8 cm³/mol. The van der Waals surface area contributed by atoms with E-state index in [0.717, 1.165) is 0 Å². The molecule has 0 aromatic heterocycles. The minimum atomic E-state index is 0. The van der Waals surface area contributed by atoms with Crippen LogP contribution in [0.4, 0.5) is 0 Å². The van der Waals surface area contributed by atoms with Crippen LogP contribution in [0.2, 0.25) is 0 Å². The Labute approximate surface area is 98.5 Å². The summed E-state index contributed by atoms with van der Waals surface area (Å²) in [6, 6.07) is 0. The quantitative estimate of drug-likeness (QED) is 0.595. The molecule has 0 amide bonds. The molecule has 0 radical (unpaired) electrons. The molecule has 0 heterocycles. The Bertz CT molecular complexity index is 110. The summed E-state index contributed by atoms with van der Waals surface area (Å²) < 4.78 is 1.58. The van der Waals surface area contributed by atoms with Crippen LogP contribution in [0.1, 0.15) is 6.42 Å². The van der Waals surface area contributed by atoms with E-state index in [-0.39, 0.29) is 49.6 Å². The molecule has 0 atom stereocenters. The van der Waals surface area contributed by atoms with E-state index in [1.165, 1.54) is 27.5 Å². The van der Waals surface area contributed by atoms with Crippen LogP contribution in [0.15, 0.2) is 22.0 Å². The molecule has 0 fully saturated rings. The monoisotopic (exact) mass is 390 g/mol. The molecule has 0 aliphatic heterocycles. The van der Waals surface area contributed by atoms with Crippen molar-refractivity contribution in [1.29, 1.82) is 0 Å². The zero-order valence-electron chi connectivity index (χ0n) is 5.02. The van der Waals surface area contributed by atoms with Crippen molar-refractivity contribution in [3.63, 3.8) is 0 Å². The average molecular weight is 392 g/mol. The summed E-state index contributed by atoms with van der Waals surface area (Å²) in [6.07, 6.45) is 7.71. The van der Waals surface area contributed by atoms with Gasteiger partial charge in [-0.15, -0.1) is 49.6 Å². The zero-order valence-corrected chi connectivity index (χ0v) is 11.5. The van der Waals surface area contributed by atoms with E-state index >= 15 is 0 Å². The minimum absolute atomic E-state index is 0. The molecule has 0 unspecified atom stereocenters. The molecule has 1 rings (SSSR count). The van der Waals surface area contributed by atoms with E-state index in [9.17, 15) is 0 Å². The second kappa shape index (κ2) is 13.0. The fourth-order valence-electron chi connectivity index (χ4n) is 0.436. The fourth-order valence-corrected chi connectivity index (χ4v) is 1.12. The van der Waals surface area contributed by atoms with Crippen molar-refractivity contribution in [1.82, 2.24) is 0 Å². The van der Waals surface area contributed by atoms with Crippen LogP contribution in [0.3, 0.4) is 0 Å². The van der Waals surface area contributed by atoms with Crippen molar-refractivity contribution in [2.45, 2.75) is 6.42 Å². The van der Waals surface area contributed by atoms with E-state index in [0.29, 0.717) is 0 Å². The first-order chi connectivity index (χ1) is 2.89. The van der Waals surface area contributed by atoms with E-state index in [2.05, 4.69) is 18.2 Å². The summed E-state index contributed by atoms with van der Waals surface area (Å²) in [4.78, 5) is 0. The van der Waals surface area contributed by atoms with Crippen LogP contribution in [-0.4, -0.2) is 0 Å². The van der Waals surface area contributed by atoms with Gasteiger partial charge in [0, 0.05) is 0 Å². The molecule has 0 N–H and O–H groups in total. The predicted octanol–water partition coefficient (Wildman–Crippen LogP) is 3.06. The van der Waals surface area contributed by atoms with Gasteiger partial charge < -0.3 is 0 Å². The molecule has 1 aliphatic carbocycles.